The number of aliphatic hydroxyl groups is 1. The maximum absolute atomic E-state index is 13.5. The van der Waals surface area contributed by atoms with Crippen molar-refractivity contribution in [1.29, 1.82) is 0 Å². The van der Waals surface area contributed by atoms with Gasteiger partial charge in [-0.3, -0.25) is 9.97 Å². The second-order valence-electron chi connectivity index (χ2n) is 4.70. The topological polar surface area (TPSA) is 46.0 Å². The number of para-hydroxylation sites is 1. The Kier molecular flexibility index (Phi) is 3.94. The predicted octanol–water partition coefficient (Wildman–Crippen LogP) is 3.81. The van der Waals surface area contributed by atoms with E-state index in [-0.39, 0.29) is 5.82 Å². The van der Waals surface area contributed by atoms with Crippen LogP contribution in [0.5, 0.6) is 0 Å². The van der Waals surface area contributed by atoms with Crippen molar-refractivity contribution in [2.24, 2.45) is 0 Å². The van der Waals surface area contributed by atoms with Gasteiger partial charge in [-0.25, -0.2) is 4.39 Å². The summed E-state index contributed by atoms with van der Waals surface area (Å²) in [6.45, 7) is 0. The Hall–Kier alpha value is -1.85. The molecule has 106 valence electrons. The van der Waals surface area contributed by atoms with Crippen LogP contribution in [0.25, 0.3) is 11.0 Å². The molecule has 0 bridgehead atoms. The van der Waals surface area contributed by atoms with Gasteiger partial charge < -0.3 is 5.11 Å². The number of hydrogen-bond donors (Lipinski definition) is 1. The van der Waals surface area contributed by atoms with Crippen LogP contribution in [0.3, 0.4) is 0 Å². The van der Waals surface area contributed by atoms with E-state index in [0.29, 0.717) is 27.5 Å². The van der Waals surface area contributed by atoms with E-state index in [1.165, 1.54) is 6.07 Å². The molecule has 0 amide bonds. The lowest BCUT2D eigenvalue weighted by Crippen LogP contribution is -2.04. The average molecular weight is 347 g/mol. The number of fused-ring (bicyclic) bond motifs is 1. The smallest absolute Gasteiger partial charge is 0.137 e. The van der Waals surface area contributed by atoms with E-state index in [4.69, 9.17) is 0 Å². The van der Waals surface area contributed by atoms with E-state index < -0.39 is 6.10 Å². The molecule has 1 aromatic heterocycles. The molecule has 0 spiro atoms. The number of aromatic nitrogens is 2. The fourth-order valence-electron chi connectivity index (χ4n) is 2.31. The fourth-order valence-corrected chi connectivity index (χ4v) is 2.73. The maximum atomic E-state index is 13.5. The number of benzene rings is 2. The Morgan fingerprint density at radius 2 is 1.86 bits per heavy atom. The summed E-state index contributed by atoms with van der Waals surface area (Å²) in [5, 5.41) is 10.5. The lowest BCUT2D eigenvalue weighted by Gasteiger charge is -2.14. The highest BCUT2D eigenvalue weighted by molar-refractivity contribution is 9.10. The summed E-state index contributed by atoms with van der Waals surface area (Å²) in [5.74, 6) is -0.336. The second-order valence-corrected chi connectivity index (χ2v) is 5.50. The minimum Gasteiger partial charge on any atom is -0.388 e. The number of aliphatic hydroxyl groups excluding tert-OH is 1. The van der Waals surface area contributed by atoms with Crippen molar-refractivity contribution in [2.45, 2.75) is 12.5 Å². The van der Waals surface area contributed by atoms with Crippen LogP contribution in [0.4, 0.5) is 4.39 Å². The molecule has 1 N–H and O–H groups in total. The van der Waals surface area contributed by atoms with E-state index >= 15 is 0 Å². The third-order valence-corrected chi connectivity index (χ3v) is 4.22. The van der Waals surface area contributed by atoms with Crippen molar-refractivity contribution >= 4 is 27.0 Å². The molecule has 0 saturated heterocycles. The zero-order valence-electron chi connectivity index (χ0n) is 11.0. The van der Waals surface area contributed by atoms with E-state index in [9.17, 15) is 9.50 Å². The summed E-state index contributed by atoms with van der Waals surface area (Å²) in [6.07, 6.45) is 2.73. The molecule has 0 aliphatic rings. The molecule has 5 heteroatoms. The Morgan fingerprint density at radius 1 is 1.10 bits per heavy atom. The van der Waals surface area contributed by atoms with Crippen LogP contribution in [0.15, 0.2) is 53.3 Å². The molecule has 2 aromatic carbocycles. The standard InChI is InChI=1S/C16H12BrFN2O/c17-15-10(3-1-5-12(15)18)9-14(21)11-4-2-6-13-16(11)20-8-7-19-13/h1-8,14,21H,9H2. The molecule has 3 nitrogen and oxygen atoms in total. The highest BCUT2D eigenvalue weighted by atomic mass is 79.9. The first-order chi connectivity index (χ1) is 10.2. The normalized spacial score (nSPS) is 12.5. The summed E-state index contributed by atoms with van der Waals surface area (Å²) in [7, 11) is 0. The lowest BCUT2D eigenvalue weighted by molar-refractivity contribution is 0.179. The van der Waals surface area contributed by atoms with Crippen LogP contribution in [0.2, 0.25) is 0 Å². The third-order valence-electron chi connectivity index (χ3n) is 3.33. The van der Waals surface area contributed by atoms with Gasteiger partial charge >= 0.3 is 0 Å². The first-order valence-electron chi connectivity index (χ1n) is 6.47. The maximum Gasteiger partial charge on any atom is 0.137 e. The van der Waals surface area contributed by atoms with Crippen LogP contribution < -0.4 is 0 Å². The van der Waals surface area contributed by atoms with Gasteiger partial charge in [0.2, 0.25) is 0 Å². The summed E-state index contributed by atoms with van der Waals surface area (Å²) < 4.78 is 13.9. The minimum atomic E-state index is -0.775. The second kappa shape index (κ2) is 5.87. The van der Waals surface area contributed by atoms with Gasteiger partial charge in [-0.05, 0) is 33.6 Å². The number of hydrogen-bond acceptors (Lipinski definition) is 3. The zero-order valence-corrected chi connectivity index (χ0v) is 12.6. The van der Waals surface area contributed by atoms with Gasteiger partial charge in [-0.2, -0.15) is 0 Å². The van der Waals surface area contributed by atoms with Gasteiger partial charge in [0.1, 0.15) is 5.82 Å². The van der Waals surface area contributed by atoms with Crippen molar-refractivity contribution < 1.29 is 9.50 Å². The van der Waals surface area contributed by atoms with E-state index in [1.54, 1.807) is 24.5 Å². The number of halogens is 2. The van der Waals surface area contributed by atoms with Crippen molar-refractivity contribution in [3.8, 4) is 0 Å². The van der Waals surface area contributed by atoms with E-state index in [0.717, 1.165) is 5.52 Å². The Labute approximate surface area is 129 Å². The number of rotatable bonds is 3. The first kappa shape index (κ1) is 14.1. The quantitative estimate of drug-likeness (QED) is 0.784. The first-order valence-corrected chi connectivity index (χ1v) is 7.26. The molecular weight excluding hydrogens is 335 g/mol. The summed E-state index contributed by atoms with van der Waals surface area (Å²) in [4.78, 5) is 8.50. The molecule has 0 aliphatic carbocycles. The van der Waals surface area contributed by atoms with Crippen LogP contribution in [0.1, 0.15) is 17.2 Å². The molecule has 3 aromatic rings. The molecule has 0 fully saturated rings. The largest absolute Gasteiger partial charge is 0.388 e. The summed E-state index contributed by atoms with van der Waals surface area (Å²) in [5.41, 5.74) is 2.80. The Morgan fingerprint density at radius 3 is 2.71 bits per heavy atom. The van der Waals surface area contributed by atoms with Gasteiger partial charge in [0.05, 0.1) is 21.6 Å². The molecule has 3 rings (SSSR count). The molecule has 21 heavy (non-hydrogen) atoms. The van der Waals surface area contributed by atoms with Gasteiger partial charge in [0, 0.05) is 24.4 Å². The minimum absolute atomic E-state index is 0.300. The number of nitrogens with zero attached hydrogens (tertiary/aromatic N) is 2. The van der Waals surface area contributed by atoms with Gasteiger partial charge in [-0.15, -0.1) is 0 Å². The summed E-state index contributed by atoms with van der Waals surface area (Å²) in [6, 6.07) is 10.3. The zero-order chi connectivity index (χ0) is 14.8. The van der Waals surface area contributed by atoms with Crippen LogP contribution in [0, 0.1) is 5.82 Å². The third kappa shape index (κ3) is 2.80. The van der Waals surface area contributed by atoms with Gasteiger partial charge in [0.15, 0.2) is 0 Å². The molecule has 1 atom stereocenters. The van der Waals surface area contributed by atoms with Crippen LogP contribution >= 0.6 is 15.9 Å². The van der Waals surface area contributed by atoms with Crippen LogP contribution in [-0.4, -0.2) is 15.1 Å². The van der Waals surface area contributed by atoms with E-state index in [2.05, 4.69) is 25.9 Å². The van der Waals surface area contributed by atoms with Crippen molar-refractivity contribution in [2.75, 3.05) is 0 Å². The molecule has 0 radical (unpaired) electrons. The predicted molar refractivity (Wildman–Crippen MR) is 82.3 cm³/mol. The van der Waals surface area contributed by atoms with Crippen molar-refractivity contribution in [3.05, 3.63) is 70.2 Å². The Balaban J connectivity index is 1.97. The van der Waals surface area contributed by atoms with Gasteiger partial charge in [-0.1, -0.05) is 24.3 Å². The SMILES string of the molecule is OC(Cc1cccc(F)c1Br)c1cccc2nccnc12. The van der Waals surface area contributed by atoms with Crippen molar-refractivity contribution in [3.63, 3.8) is 0 Å². The molecule has 0 saturated carbocycles. The highest BCUT2D eigenvalue weighted by Crippen LogP contribution is 2.28. The fraction of sp³-hybridized carbons (Fsp3) is 0.125. The van der Waals surface area contributed by atoms with E-state index in [1.807, 2.05) is 18.2 Å². The van der Waals surface area contributed by atoms with Gasteiger partial charge in [0.25, 0.3) is 0 Å². The molecule has 0 aliphatic heterocycles. The van der Waals surface area contributed by atoms with Crippen molar-refractivity contribution in [1.82, 2.24) is 9.97 Å². The molecule has 1 heterocycles. The molecule has 1 unspecified atom stereocenters. The molecular formula is C16H12BrFN2O. The summed E-state index contributed by atoms with van der Waals surface area (Å²) >= 11 is 3.22. The van der Waals surface area contributed by atoms with Crippen LogP contribution in [-0.2, 0) is 6.42 Å². The monoisotopic (exact) mass is 346 g/mol. The average Bonchev–Trinajstić information content (AvgIpc) is 2.51. The lowest BCUT2D eigenvalue weighted by atomic mass is 10.00. The highest BCUT2D eigenvalue weighted by Gasteiger charge is 2.15. The Bertz CT molecular complexity index is 789.